The summed E-state index contributed by atoms with van der Waals surface area (Å²) >= 11 is 1.30. The summed E-state index contributed by atoms with van der Waals surface area (Å²) in [6.45, 7) is 0.306. The zero-order chi connectivity index (χ0) is 17.2. The Morgan fingerprint density at radius 3 is 2.79 bits per heavy atom. The molecule has 1 aliphatic rings. The number of carbonyl (C=O) groups excluding carboxylic acids is 2. The van der Waals surface area contributed by atoms with Gasteiger partial charge in [0.25, 0.3) is 5.91 Å². The second kappa shape index (κ2) is 6.71. The fraction of sp³-hybridized carbons (Fsp3) is 0.200. The van der Waals surface area contributed by atoms with Crippen LogP contribution in [0.3, 0.4) is 0 Å². The zero-order valence-electron chi connectivity index (χ0n) is 12.6. The van der Waals surface area contributed by atoms with Crippen molar-refractivity contribution in [3.8, 4) is 0 Å². The molecule has 24 heavy (non-hydrogen) atoms. The van der Waals surface area contributed by atoms with E-state index < -0.39 is 10.0 Å². The van der Waals surface area contributed by atoms with Crippen molar-refractivity contribution in [3.63, 3.8) is 0 Å². The largest absolute Gasteiger partial charge is 0.354 e. The molecule has 0 aliphatic carbocycles. The monoisotopic (exact) mass is 365 g/mol. The van der Waals surface area contributed by atoms with E-state index in [1.54, 1.807) is 29.6 Å². The lowest BCUT2D eigenvalue weighted by Crippen LogP contribution is -2.49. The third-order valence-electron chi connectivity index (χ3n) is 3.48. The molecule has 7 nitrogen and oxygen atoms in total. The van der Waals surface area contributed by atoms with Crippen molar-refractivity contribution in [3.05, 3.63) is 46.7 Å². The molecule has 1 aromatic carbocycles. The highest BCUT2D eigenvalue weighted by Gasteiger charge is 2.29. The molecule has 126 valence electrons. The van der Waals surface area contributed by atoms with Gasteiger partial charge < -0.3 is 10.6 Å². The Morgan fingerprint density at radius 1 is 1.25 bits per heavy atom. The van der Waals surface area contributed by atoms with Crippen molar-refractivity contribution in [1.82, 2.24) is 9.62 Å². The van der Waals surface area contributed by atoms with Gasteiger partial charge in [-0.1, -0.05) is 12.1 Å². The van der Waals surface area contributed by atoms with Gasteiger partial charge in [0.15, 0.2) is 0 Å². The minimum absolute atomic E-state index is 0.0428. The van der Waals surface area contributed by atoms with Crippen molar-refractivity contribution in [2.24, 2.45) is 0 Å². The van der Waals surface area contributed by atoms with Gasteiger partial charge in [-0.05, 0) is 29.6 Å². The first-order valence-electron chi connectivity index (χ1n) is 7.18. The van der Waals surface area contributed by atoms with E-state index in [0.717, 1.165) is 4.31 Å². The molecule has 0 saturated carbocycles. The minimum Gasteiger partial charge on any atom is -0.354 e. The number of anilines is 1. The third kappa shape index (κ3) is 3.48. The smallest absolute Gasteiger partial charge is 0.265 e. The van der Waals surface area contributed by atoms with E-state index in [4.69, 9.17) is 0 Å². The summed E-state index contributed by atoms with van der Waals surface area (Å²) in [7, 11) is -3.78. The number of sulfonamides is 1. The molecule has 1 fully saturated rings. The van der Waals surface area contributed by atoms with Crippen LogP contribution in [0.5, 0.6) is 0 Å². The van der Waals surface area contributed by atoms with E-state index in [9.17, 15) is 18.0 Å². The topological polar surface area (TPSA) is 95.6 Å². The second-order valence-corrected chi connectivity index (χ2v) is 8.03. The predicted molar refractivity (Wildman–Crippen MR) is 90.5 cm³/mol. The summed E-state index contributed by atoms with van der Waals surface area (Å²) in [6, 6.07) is 9.47. The van der Waals surface area contributed by atoms with Crippen molar-refractivity contribution in [2.75, 3.05) is 25.0 Å². The van der Waals surface area contributed by atoms with Crippen LogP contribution in [0.15, 0.2) is 46.7 Å². The van der Waals surface area contributed by atoms with Gasteiger partial charge in [-0.2, -0.15) is 4.31 Å². The van der Waals surface area contributed by atoms with Gasteiger partial charge in [-0.25, -0.2) is 8.42 Å². The first-order chi connectivity index (χ1) is 11.5. The molecule has 0 bridgehead atoms. The van der Waals surface area contributed by atoms with E-state index in [-0.39, 0.29) is 36.3 Å². The van der Waals surface area contributed by atoms with E-state index in [1.165, 1.54) is 23.5 Å². The lowest BCUT2D eigenvalue weighted by atomic mass is 10.3. The predicted octanol–water partition coefficient (Wildman–Crippen LogP) is 1.12. The van der Waals surface area contributed by atoms with Crippen LogP contribution in [-0.2, 0) is 14.8 Å². The van der Waals surface area contributed by atoms with Crippen LogP contribution < -0.4 is 10.6 Å². The molecule has 2 N–H and O–H groups in total. The molecule has 2 heterocycles. The average Bonchev–Trinajstić information content (AvgIpc) is 3.10. The Hall–Kier alpha value is -2.23. The number of rotatable bonds is 4. The number of nitrogens with one attached hydrogen (secondary N) is 2. The number of hydrogen-bond acceptors (Lipinski definition) is 5. The van der Waals surface area contributed by atoms with Crippen LogP contribution in [0.1, 0.15) is 9.67 Å². The number of amides is 2. The Kier molecular flexibility index (Phi) is 4.65. The van der Waals surface area contributed by atoms with Crippen LogP contribution in [0.25, 0.3) is 0 Å². The molecule has 3 rings (SSSR count). The zero-order valence-corrected chi connectivity index (χ0v) is 14.2. The average molecular weight is 365 g/mol. The van der Waals surface area contributed by atoms with Gasteiger partial charge >= 0.3 is 0 Å². The standard InChI is InChI=1S/C15H15N3O4S2/c19-14-10-18(7-6-16-14)24(21,22)12-4-1-3-11(9-12)17-15(20)13-5-2-8-23-13/h1-5,8-9H,6-7,10H2,(H,16,19)(H,17,20). The Bertz CT molecular complexity index is 863. The van der Waals surface area contributed by atoms with E-state index in [1.807, 2.05) is 0 Å². The number of carbonyl (C=O) groups is 2. The molecule has 1 saturated heterocycles. The maximum absolute atomic E-state index is 12.6. The number of nitrogens with zero attached hydrogens (tertiary/aromatic N) is 1. The van der Waals surface area contributed by atoms with E-state index in [0.29, 0.717) is 10.6 Å². The fourth-order valence-corrected chi connectivity index (χ4v) is 4.37. The molecule has 0 spiro atoms. The number of hydrogen-bond donors (Lipinski definition) is 2. The lowest BCUT2D eigenvalue weighted by Gasteiger charge is -2.26. The molecule has 9 heteroatoms. The van der Waals surface area contributed by atoms with Gasteiger partial charge in [-0.15, -0.1) is 11.3 Å². The number of piperazine rings is 1. The van der Waals surface area contributed by atoms with Crippen LogP contribution in [-0.4, -0.2) is 44.2 Å². The van der Waals surface area contributed by atoms with Gasteiger partial charge in [-0.3, -0.25) is 9.59 Å². The molecule has 0 atom stereocenters. The molecular weight excluding hydrogens is 350 g/mol. The van der Waals surface area contributed by atoms with Gasteiger partial charge in [0.1, 0.15) is 0 Å². The number of thiophene rings is 1. The molecule has 2 aromatic rings. The summed E-state index contributed by atoms with van der Waals surface area (Å²) in [5.41, 5.74) is 0.385. The van der Waals surface area contributed by atoms with Gasteiger partial charge in [0.05, 0.1) is 16.3 Å². The first kappa shape index (κ1) is 16.6. The third-order valence-corrected chi connectivity index (χ3v) is 6.19. The van der Waals surface area contributed by atoms with Gasteiger partial charge in [0, 0.05) is 18.8 Å². The highest BCUT2D eigenvalue weighted by atomic mass is 32.2. The van der Waals surface area contributed by atoms with Crippen molar-refractivity contribution in [2.45, 2.75) is 4.90 Å². The summed E-state index contributed by atoms with van der Waals surface area (Å²) in [6.07, 6.45) is 0. The first-order valence-corrected chi connectivity index (χ1v) is 9.50. The summed E-state index contributed by atoms with van der Waals surface area (Å²) < 4.78 is 26.4. The van der Waals surface area contributed by atoms with E-state index >= 15 is 0 Å². The van der Waals surface area contributed by atoms with Crippen LogP contribution in [0, 0.1) is 0 Å². The van der Waals surface area contributed by atoms with Crippen molar-refractivity contribution in [1.29, 1.82) is 0 Å². The summed E-state index contributed by atoms with van der Waals surface area (Å²) in [4.78, 5) is 24.1. The van der Waals surface area contributed by atoms with Crippen LogP contribution in [0.4, 0.5) is 5.69 Å². The maximum atomic E-state index is 12.6. The Morgan fingerprint density at radius 2 is 2.08 bits per heavy atom. The van der Waals surface area contributed by atoms with Crippen LogP contribution in [0.2, 0.25) is 0 Å². The Labute approximate surface area is 143 Å². The molecular formula is C15H15N3O4S2. The fourth-order valence-electron chi connectivity index (χ4n) is 2.30. The molecule has 0 radical (unpaired) electrons. The SMILES string of the molecule is O=C1CN(S(=O)(=O)c2cccc(NC(=O)c3cccs3)c2)CCN1. The Balaban J connectivity index is 1.82. The highest BCUT2D eigenvalue weighted by molar-refractivity contribution is 7.89. The summed E-state index contributed by atoms with van der Waals surface area (Å²) in [5.74, 6) is -0.621. The normalized spacial score (nSPS) is 15.8. The number of benzene rings is 1. The molecule has 2 amide bonds. The lowest BCUT2D eigenvalue weighted by molar-refractivity contribution is -0.122. The highest BCUT2D eigenvalue weighted by Crippen LogP contribution is 2.21. The second-order valence-electron chi connectivity index (χ2n) is 5.15. The molecule has 1 aliphatic heterocycles. The summed E-state index contributed by atoms with van der Waals surface area (Å²) in [5, 5.41) is 7.05. The van der Waals surface area contributed by atoms with Crippen molar-refractivity contribution < 1.29 is 18.0 Å². The van der Waals surface area contributed by atoms with Crippen LogP contribution >= 0.6 is 11.3 Å². The minimum atomic E-state index is -3.78. The maximum Gasteiger partial charge on any atom is 0.265 e. The van der Waals surface area contributed by atoms with E-state index in [2.05, 4.69) is 10.6 Å². The van der Waals surface area contributed by atoms with Gasteiger partial charge in [0.2, 0.25) is 15.9 Å². The van der Waals surface area contributed by atoms with Crippen molar-refractivity contribution >= 4 is 38.9 Å². The quantitative estimate of drug-likeness (QED) is 0.849. The molecule has 1 aromatic heterocycles. The molecule has 0 unspecified atom stereocenters.